The molecule has 0 unspecified atom stereocenters. The molecule has 1 rings (SSSR count). The molecule has 0 spiro atoms. The number of carbonyl (C=O) groups excluding carboxylic acids is 1. The van der Waals surface area contributed by atoms with E-state index in [1.807, 2.05) is 11.8 Å². The van der Waals surface area contributed by atoms with Crippen molar-refractivity contribution in [1.82, 2.24) is 10.2 Å². The molecule has 1 saturated carbocycles. The maximum absolute atomic E-state index is 11.4. The van der Waals surface area contributed by atoms with Crippen molar-refractivity contribution in [3.8, 4) is 0 Å². The van der Waals surface area contributed by atoms with E-state index in [1.54, 1.807) is 7.05 Å². The van der Waals surface area contributed by atoms with Crippen LogP contribution in [0.15, 0.2) is 0 Å². The van der Waals surface area contributed by atoms with Gasteiger partial charge in [-0.05, 0) is 32.2 Å². The van der Waals surface area contributed by atoms with Crippen LogP contribution in [0.2, 0.25) is 0 Å². The van der Waals surface area contributed by atoms with Gasteiger partial charge in [-0.2, -0.15) is 0 Å². The maximum Gasteiger partial charge on any atom is 0.306 e. The number of aliphatic carboxylic acids is 1. The van der Waals surface area contributed by atoms with Crippen LogP contribution in [0.5, 0.6) is 0 Å². The molecule has 3 N–H and O–H groups in total. The first-order valence-electron chi connectivity index (χ1n) is 6.78. The minimum Gasteiger partial charge on any atom is -0.481 e. The summed E-state index contributed by atoms with van der Waals surface area (Å²) in [4.78, 5) is 24.1. The van der Waals surface area contributed by atoms with Gasteiger partial charge in [0.1, 0.15) is 0 Å². The van der Waals surface area contributed by atoms with Gasteiger partial charge in [-0.1, -0.05) is 6.92 Å². The number of hydrogen-bond donors (Lipinski definition) is 3. The highest BCUT2D eigenvalue weighted by atomic mass is 16.4. The summed E-state index contributed by atoms with van der Waals surface area (Å²) in [6, 6.07) is 0. The number of carboxylic acid groups (broad SMARTS) is 1. The standard InChI is InChI=1S/C13H24N2O4/c1-3-15(8-11(16)14-2)9-13(19)6-4-10(5-7-13)12(17)18/h10,19H,3-9H2,1-2H3,(H,14,16)(H,17,18). The number of nitrogens with zero attached hydrogens (tertiary/aromatic N) is 1. The average Bonchev–Trinajstić information content (AvgIpc) is 2.38. The van der Waals surface area contributed by atoms with Crippen molar-refractivity contribution in [3.05, 3.63) is 0 Å². The lowest BCUT2D eigenvalue weighted by Gasteiger charge is -2.38. The normalized spacial score (nSPS) is 27.3. The topological polar surface area (TPSA) is 89.9 Å². The molecule has 0 atom stereocenters. The van der Waals surface area contributed by atoms with E-state index in [0.29, 0.717) is 38.8 Å². The molecular weight excluding hydrogens is 248 g/mol. The molecule has 0 heterocycles. The average molecular weight is 272 g/mol. The van der Waals surface area contributed by atoms with Crippen LogP contribution in [0.3, 0.4) is 0 Å². The number of carbonyl (C=O) groups is 2. The van der Waals surface area contributed by atoms with E-state index in [4.69, 9.17) is 5.11 Å². The van der Waals surface area contributed by atoms with E-state index in [9.17, 15) is 14.7 Å². The molecule has 0 radical (unpaired) electrons. The molecule has 1 aliphatic carbocycles. The van der Waals surface area contributed by atoms with Crippen LogP contribution in [0, 0.1) is 5.92 Å². The number of likely N-dealkylation sites (N-methyl/N-ethyl adjacent to an activating group) is 2. The van der Waals surface area contributed by atoms with E-state index in [-0.39, 0.29) is 18.4 Å². The number of aliphatic hydroxyl groups is 1. The molecule has 0 aliphatic heterocycles. The minimum absolute atomic E-state index is 0.0790. The molecule has 0 bridgehead atoms. The van der Waals surface area contributed by atoms with E-state index >= 15 is 0 Å². The molecule has 1 fully saturated rings. The molecule has 0 saturated heterocycles. The molecule has 6 nitrogen and oxygen atoms in total. The second kappa shape index (κ2) is 6.86. The van der Waals surface area contributed by atoms with Gasteiger partial charge in [-0.3, -0.25) is 14.5 Å². The van der Waals surface area contributed by atoms with Crippen molar-refractivity contribution in [2.75, 3.05) is 26.7 Å². The molecule has 6 heteroatoms. The zero-order valence-corrected chi connectivity index (χ0v) is 11.7. The predicted molar refractivity (Wildman–Crippen MR) is 70.7 cm³/mol. The fourth-order valence-electron chi connectivity index (χ4n) is 2.54. The van der Waals surface area contributed by atoms with Gasteiger partial charge < -0.3 is 15.5 Å². The van der Waals surface area contributed by atoms with Gasteiger partial charge in [0.2, 0.25) is 5.91 Å². The summed E-state index contributed by atoms with van der Waals surface area (Å²) < 4.78 is 0. The number of nitrogens with one attached hydrogen (secondary N) is 1. The number of rotatable bonds is 6. The lowest BCUT2D eigenvalue weighted by atomic mass is 9.78. The fourth-order valence-corrected chi connectivity index (χ4v) is 2.54. The third-order valence-electron chi connectivity index (χ3n) is 3.88. The predicted octanol–water partition coefficient (Wildman–Crippen LogP) is 0.0602. The second-order valence-corrected chi connectivity index (χ2v) is 5.31. The van der Waals surface area contributed by atoms with Crippen LogP contribution in [-0.4, -0.2) is 59.3 Å². The molecule has 0 aromatic carbocycles. The fraction of sp³-hybridized carbons (Fsp3) is 0.846. The molecule has 0 aromatic heterocycles. The Morgan fingerprint density at radius 3 is 2.37 bits per heavy atom. The Hall–Kier alpha value is -1.14. The summed E-state index contributed by atoms with van der Waals surface area (Å²) >= 11 is 0. The Morgan fingerprint density at radius 1 is 1.37 bits per heavy atom. The summed E-state index contributed by atoms with van der Waals surface area (Å²) in [6.07, 6.45) is 1.97. The maximum atomic E-state index is 11.4. The monoisotopic (exact) mass is 272 g/mol. The minimum atomic E-state index is -0.865. The SMILES string of the molecule is CCN(CC(=O)NC)CC1(O)CCC(C(=O)O)CC1. The number of hydrogen-bond acceptors (Lipinski definition) is 4. The summed E-state index contributed by atoms with van der Waals surface area (Å²) in [5.74, 6) is -1.20. The highest BCUT2D eigenvalue weighted by Crippen LogP contribution is 2.32. The quantitative estimate of drug-likeness (QED) is 0.636. The zero-order chi connectivity index (χ0) is 14.5. The summed E-state index contributed by atoms with van der Waals surface area (Å²) in [5.41, 5.74) is -0.865. The van der Waals surface area contributed by atoms with Gasteiger partial charge in [-0.25, -0.2) is 0 Å². The van der Waals surface area contributed by atoms with Crippen LogP contribution in [0.4, 0.5) is 0 Å². The summed E-state index contributed by atoms with van der Waals surface area (Å²) in [5, 5.41) is 22.0. The summed E-state index contributed by atoms with van der Waals surface area (Å²) in [7, 11) is 1.59. The third-order valence-corrected chi connectivity index (χ3v) is 3.88. The highest BCUT2D eigenvalue weighted by molar-refractivity contribution is 5.77. The molecule has 1 amide bonds. The van der Waals surface area contributed by atoms with Crippen molar-refractivity contribution in [3.63, 3.8) is 0 Å². The largest absolute Gasteiger partial charge is 0.481 e. The number of carboxylic acids is 1. The van der Waals surface area contributed by atoms with Gasteiger partial charge >= 0.3 is 5.97 Å². The van der Waals surface area contributed by atoms with Crippen LogP contribution in [-0.2, 0) is 9.59 Å². The molecule has 1 aliphatic rings. The van der Waals surface area contributed by atoms with Crippen molar-refractivity contribution in [2.24, 2.45) is 5.92 Å². The van der Waals surface area contributed by atoms with E-state index in [0.717, 1.165) is 0 Å². The Balaban J connectivity index is 2.50. The van der Waals surface area contributed by atoms with Crippen molar-refractivity contribution in [1.29, 1.82) is 0 Å². The van der Waals surface area contributed by atoms with E-state index in [1.165, 1.54) is 0 Å². The van der Waals surface area contributed by atoms with Gasteiger partial charge in [0, 0.05) is 13.6 Å². The third kappa shape index (κ3) is 4.80. The van der Waals surface area contributed by atoms with Crippen molar-refractivity contribution < 1.29 is 19.8 Å². The van der Waals surface area contributed by atoms with Crippen LogP contribution in [0.1, 0.15) is 32.6 Å². The molecule has 110 valence electrons. The van der Waals surface area contributed by atoms with E-state index < -0.39 is 11.6 Å². The van der Waals surface area contributed by atoms with Crippen LogP contribution >= 0.6 is 0 Å². The lowest BCUT2D eigenvalue weighted by molar-refractivity contribution is -0.145. The Bertz CT molecular complexity index is 325. The van der Waals surface area contributed by atoms with Crippen LogP contribution < -0.4 is 5.32 Å². The highest BCUT2D eigenvalue weighted by Gasteiger charge is 2.36. The van der Waals surface area contributed by atoms with Gasteiger partial charge in [0.05, 0.1) is 18.1 Å². The van der Waals surface area contributed by atoms with E-state index in [2.05, 4.69) is 5.32 Å². The Kier molecular flexibility index (Phi) is 5.75. The first-order chi connectivity index (χ1) is 8.90. The van der Waals surface area contributed by atoms with Gasteiger partial charge in [0.15, 0.2) is 0 Å². The zero-order valence-electron chi connectivity index (χ0n) is 11.7. The number of amides is 1. The van der Waals surface area contributed by atoms with Crippen molar-refractivity contribution >= 4 is 11.9 Å². The first kappa shape index (κ1) is 15.9. The Morgan fingerprint density at radius 2 is 1.95 bits per heavy atom. The lowest BCUT2D eigenvalue weighted by Crippen LogP contribution is -2.48. The molecule has 0 aromatic rings. The Labute approximate surface area is 113 Å². The van der Waals surface area contributed by atoms with Gasteiger partial charge in [-0.15, -0.1) is 0 Å². The van der Waals surface area contributed by atoms with Crippen LogP contribution in [0.25, 0.3) is 0 Å². The first-order valence-corrected chi connectivity index (χ1v) is 6.78. The summed E-state index contributed by atoms with van der Waals surface area (Å²) in [6.45, 7) is 3.30. The van der Waals surface area contributed by atoms with Crippen molar-refractivity contribution in [2.45, 2.75) is 38.2 Å². The van der Waals surface area contributed by atoms with Gasteiger partial charge in [0.25, 0.3) is 0 Å². The molecular formula is C13H24N2O4. The smallest absolute Gasteiger partial charge is 0.306 e. The molecule has 19 heavy (non-hydrogen) atoms. The second-order valence-electron chi connectivity index (χ2n) is 5.31.